The van der Waals surface area contributed by atoms with Crippen LogP contribution in [0.15, 0.2) is 42.5 Å². The summed E-state index contributed by atoms with van der Waals surface area (Å²) in [4.78, 5) is 24.6. The first-order valence-corrected chi connectivity index (χ1v) is 9.58. The number of hydrogen-bond donors (Lipinski definition) is 4. The average molecular weight is 369 g/mol. The van der Waals surface area contributed by atoms with Crippen LogP contribution in [0.5, 0.6) is 0 Å². The van der Waals surface area contributed by atoms with Gasteiger partial charge < -0.3 is 10.8 Å². The largest absolute Gasteiger partial charge is 0.382 e. The Bertz CT molecular complexity index is 797. The van der Waals surface area contributed by atoms with E-state index in [2.05, 4.69) is 10.9 Å². The highest BCUT2D eigenvalue weighted by atomic mass is 16.3. The molecule has 2 amide bonds. The van der Waals surface area contributed by atoms with Crippen molar-refractivity contribution in [3.8, 4) is 0 Å². The van der Waals surface area contributed by atoms with Gasteiger partial charge in [0.05, 0.1) is 0 Å². The SMILES string of the molecule is NC(CC1CCCCC1)C(O)C(=O)NNC(=O)c1cccc2ccccc12. The molecule has 1 saturated carbocycles. The third kappa shape index (κ3) is 4.84. The van der Waals surface area contributed by atoms with Gasteiger partial charge in [-0.25, -0.2) is 0 Å². The molecule has 2 atom stereocenters. The molecule has 0 radical (unpaired) electrons. The van der Waals surface area contributed by atoms with E-state index in [0.717, 1.165) is 23.6 Å². The maximum absolute atomic E-state index is 12.4. The highest BCUT2D eigenvalue weighted by Gasteiger charge is 2.27. The number of benzene rings is 2. The van der Waals surface area contributed by atoms with Crippen LogP contribution in [-0.4, -0.2) is 29.1 Å². The molecule has 6 heteroatoms. The summed E-state index contributed by atoms with van der Waals surface area (Å²) in [5.41, 5.74) is 11.1. The smallest absolute Gasteiger partial charge is 0.270 e. The zero-order valence-electron chi connectivity index (χ0n) is 15.4. The van der Waals surface area contributed by atoms with E-state index in [1.807, 2.05) is 30.3 Å². The molecule has 0 heterocycles. The molecule has 27 heavy (non-hydrogen) atoms. The molecule has 0 spiro atoms. The third-order valence-electron chi connectivity index (χ3n) is 5.34. The third-order valence-corrected chi connectivity index (χ3v) is 5.34. The molecule has 6 nitrogen and oxygen atoms in total. The van der Waals surface area contributed by atoms with E-state index in [1.54, 1.807) is 12.1 Å². The van der Waals surface area contributed by atoms with Crippen LogP contribution in [0.1, 0.15) is 48.9 Å². The number of nitrogens with two attached hydrogens (primary N) is 1. The van der Waals surface area contributed by atoms with Gasteiger partial charge in [0.25, 0.3) is 11.8 Å². The predicted molar refractivity (Wildman–Crippen MR) is 105 cm³/mol. The van der Waals surface area contributed by atoms with Crippen LogP contribution >= 0.6 is 0 Å². The first-order valence-electron chi connectivity index (χ1n) is 9.58. The topological polar surface area (TPSA) is 104 Å². The van der Waals surface area contributed by atoms with Crippen molar-refractivity contribution < 1.29 is 14.7 Å². The zero-order chi connectivity index (χ0) is 19.2. The van der Waals surface area contributed by atoms with Gasteiger partial charge in [0.15, 0.2) is 0 Å². The predicted octanol–water partition coefficient (Wildman–Crippen LogP) is 2.26. The molecule has 0 saturated heterocycles. The second kappa shape index (κ2) is 8.97. The van der Waals surface area contributed by atoms with E-state index in [0.29, 0.717) is 17.9 Å². The number of carbonyl (C=O) groups excluding carboxylic acids is 2. The molecule has 3 rings (SSSR count). The quantitative estimate of drug-likeness (QED) is 0.607. The second-order valence-electron chi connectivity index (χ2n) is 7.32. The molecule has 5 N–H and O–H groups in total. The number of amides is 2. The van der Waals surface area contributed by atoms with E-state index in [4.69, 9.17) is 5.73 Å². The number of nitrogens with one attached hydrogen (secondary N) is 2. The standard InChI is InChI=1S/C21H27N3O3/c22-18(13-14-7-2-1-3-8-14)19(25)21(27)24-23-20(26)17-12-6-10-15-9-4-5-11-16(15)17/h4-6,9-12,14,18-19,25H,1-3,7-8,13,22H2,(H,23,26)(H,24,27). The van der Waals surface area contributed by atoms with Gasteiger partial charge >= 0.3 is 0 Å². The molecular weight excluding hydrogens is 342 g/mol. The van der Waals surface area contributed by atoms with Crippen LogP contribution in [-0.2, 0) is 4.79 Å². The second-order valence-corrected chi connectivity index (χ2v) is 7.32. The Kier molecular flexibility index (Phi) is 6.42. The molecule has 1 aliphatic carbocycles. The van der Waals surface area contributed by atoms with Crippen molar-refractivity contribution in [2.24, 2.45) is 11.7 Å². The maximum Gasteiger partial charge on any atom is 0.270 e. The number of rotatable bonds is 5. The maximum atomic E-state index is 12.4. The Balaban J connectivity index is 1.55. The highest BCUT2D eigenvalue weighted by molar-refractivity contribution is 6.07. The van der Waals surface area contributed by atoms with Crippen molar-refractivity contribution >= 4 is 22.6 Å². The average Bonchev–Trinajstić information content (AvgIpc) is 2.71. The van der Waals surface area contributed by atoms with Gasteiger partial charge in [0.1, 0.15) is 6.10 Å². The summed E-state index contributed by atoms with van der Waals surface area (Å²) < 4.78 is 0. The van der Waals surface area contributed by atoms with Crippen LogP contribution in [0.4, 0.5) is 0 Å². The summed E-state index contributed by atoms with van der Waals surface area (Å²) in [5, 5.41) is 11.9. The number of fused-ring (bicyclic) bond motifs is 1. The molecule has 2 unspecified atom stereocenters. The number of aliphatic hydroxyl groups excluding tert-OH is 1. The Labute approximate surface area is 159 Å². The molecular formula is C21H27N3O3. The van der Waals surface area contributed by atoms with Crippen molar-refractivity contribution in [2.45, 2.75) is 50.7 Å². The zero-order valence-corrected chi connectivity index (χ0v) is 15.4. The fourth-order valence-corrected chi connectivity index (χ4v) is 3.81. The summed E-state index contributed by atoms with van der Waals surface area (Å²) in [7, 11) is 0. The lowest BCUT2D eigenvalue weighted by atomic mass is 9.84. The van der Waals surface area contributed by atoms with E-state index >= 15 is 0 Å². The summed E-state index contributed by atoms with van der Waals surface area (Å²) in [6.07, 6.45) is 5.07. The van der Waals surface area contributed by atoms with E-state index in [-0.39, 0.29) is 0 Å². The van der Waals surface area contributed by atoms with E-state index in [1.165, 1.54) is 19.3 Å². The molecule has 0 aliphatic heterocycles. The minimum atomic E-state index is -1.35. The Morgan fingerprint density at radius 2 is 1.74 bits per heavy atom. The summed E-state index contributed by atoms with van der Waals surface area (Å²) >= 11 is 0. The van der Waals surface area contributed by atoms with Gasteiger partial charge in [-0.3, -0.25) is 20.4 Å². The number of hydrazine groups is 1. The lowest BCUT2D eigenvalue weighted by Crippen LogP contribution is -2.52. The Hall–Kier alpha value is -2.44. The van der Waals surface area contributed by atoms with Crippen molar-refractivity contribution in [1.82, 2.24) is 10.9 Å². The summed E-state index contributed by atoms with van der Waals surface area (Å²) in [6.45, 7) is 0. The van der Waals surface area contributed by atoms with Crippen molar-refractivity contribution in [1.29, 1.82) is 0 Å². The van der Waals surface area contributed by atoms with Crippen LogP contribution in [0.25, 0.3) is 10.8 Å². The molecule has 0 aromatic heterocycles. The van der Waals surface area contributed by atoms with Gasteiger partial charge in [-0.15, -0.1) is 0 Å². The molecule has 1 fully saturated rings. The monoisotopic (exact) mass is 369 g/mol. The minimum absolute atomic E-state index is 0.437. The fraction of sp³-hybridized carbons (Fsp3) is 0.429. The highest BCUT2D eigenvalue weighted by Crippen LogP contribution is 2.27. The van der Waals surface area contributed by atoms with Crippen LogP contribution in [0.3, 0.4) is 0 Å². The van der Waals surface area contributed by atoms with E-state index < -0.39 is 24.0 Å². The summed E-state index contributed by atoms with van der Waals surface area (Å²) in [6, 6.07) is 12.3. The van der Waals surface area contributed by atoms with Crippen LogP contribution < -0.4 is 16.6 Å². The van der Waals surface area contributed by atoms with Gasteiger partial charge in [0, 0.05) is 11.6 Å². The van der Waals surface area contributed by atoms with Gasteiger partial charge in [-0.05, 0) is 29.2 Å². The number of hydrogen-bond acceptors (Lipinski definition) is 4. The molecule has 0 bridgehead atoms. The lowest BCUT2D eigenvalue weighted by Gasteiger charge is -2.26. The van der Waals surface area contributed by atoms with Crippen molar-refractivity contribution in [3.05, 3.63) is 48.0 Å². The van der Waals surface area contributed by atoms with E-state index in [9.17, 15) is 14.7 Å². The first kappa shape index (κ1) is 19.3. The Morgan fingerprint density at radius 1 is 1.04 bits per heavy atom. The normalized spacial score (nSPS) is 17.3. The number of carbonyl (C=O) groups is 2. The van der Waals surface area contributed by atoms with Crippen molar-refractivity contribution in [2.75, 3.05) is 0 Å². The summed E-state index contributed by atoms with van der Waals surface area (Å²) in [5.74, 6) is -0.665. The molecule has 144 valence electrons. The van der Waals surface area contributed by atoms with Gasteiger partial charge in [-0.1, -0.05) is 68.5 Å². The molecule has 2 aromatic rings. The molecule has 1 aliphatic rings. The Morgan fingerprint density at radius 3 is 2.52 bits per heavy atom. The van der Waals surface area contributed by atoms with Crippen molar-refractivity contribution in [3.63, 3.8) is 0 Å². The van der Waals surface area contributed by atoms with Crippen LogP contribution in [0, 0.1) is 5.92 Å². The number of aliphatic hydroxyl groups is 1. The van der Waals surface area contributed by atoms with Gasteiger partial charge in [-0.2, -0.15) is 0 Å². The molecule has 2 aromatic carbocycles. The first-order chi connectivity index (χ1) is 13.1. The van der Waals surface area contributed by atoms with Gasteiger partial charge in [0.2, 0.25) is 0 Å². The fourth-order valence-electron chi connectivity index (χ4n) is 3.81. The van der Waals surface area contributed by atoms with Crippen LogP contribution in [0.2, 0.25) is 0 Å². The minimum Gasteiger partial charge on any atom is -0.382 e. The lowest BCUT2D eigenvalue weighted by molar-refractivity contribution is -0.131.